The summed E-state index contributed by atoms with van der Waals surface area (Å²) in [5.74, 6) is -24.2. The molecule has 137 heavy (non-hydrogen) atoms. The highest BCUT2D eigenvalue weighted by Gasteiger charge is 2.53. The van der Waals surface area contributed by atoms with Crippen LogP contribution in [0.5, 0.6) is 5.75 Å². The molecule has 0 spiro atoms. The Hall–Kier alpha value is -13.1. The molecule has 3 aromatic carbocycles. The van der Waals surface area contributed by atoms with E-state index in [4.69, 9.17) is 22.6 Å². The summed E-state index contributed by atoms with van der Waals surface area (Å²) < 4.78 is 33.0. The van der Waals surface area contributed by atoms with Gasteiger partial charge < -0.3 is 115 Å². The molecule has 0 saturated carbocycles. The average Bonchev–Trinajstić information content (AvgIpc) is 1.63. The molecule has 3 saturated heterocycles. The first-order valence-electron chi connectivity index (χ1n) is 45.9. The average molecular weight is 1950 g/mol. The molecule has 9 rings (SSSR count). The summed E-state index contributed by atoms with van der Waals surface area (Å²) in [4.78, 5) is 262. The smallest absolute Gasteiger partial charge is 0.267 e. The van der Waals surface area contributed by atoms with Gasteiger partial charge in [-0.05, 0) is 128 Å². The number of aromatic amines is 2. The number of thioether (sulfide) groups is 1. The van der Waals surface area contributed by atoms with Gasteiger partial charge in [-0.3, -0.25) is 86.9 Å². The van der Waals surface area contributed by atoms with Crippen molar-refractivity contribution in [2.24, 2.45) is 29.0 Å². The standard InChI is InChI=1S/C93H127F2N21O19S2/c1-9-11-25-71-85(129)105-62(24-18-34-101-92(98)99)82(126)111-69(81(125)103-45-77(97)121)48-136-49-78(122)104-65(37-53-29-31-58(118)32-30-53)87(131)112(6)52(5)79(123)107-67(42-76(96)120)90(134)116-50-93(94,95)43-73(116)86(130)106-63(41-57-20-17-33-100-57)83(127)108-64(36-51(3)4)89(133)115-35-19-27-70(115)74(119)40-54(38-55-44-102-61-23-15-13-21-59(55)61)80(124)110-68(46-117)84(128)109-66(39-56-47-137-75-28-16-14-22-60(56)75)88(132)114(8)72(26-12-10-2)91(135)113(71)7/h13-17,20-23,28-33,44,47,51-52,54,62-73,100,102,117-118H,9-12,18-19,24-27,34-43,45-46,48-50H2,1-8H3,(H2,96,120)(H2,97,121)(H,103,125)(H,104,122)(H,105,129)(H,106,130)(H,107,123)(H,108,127)(H,109,128)(H,110,124)(H,111,126)(H4,98,99,101)/t52-,54+,62?,63-,64-,65-,66?,67-,68-,69?,70?,71-,72-,73-/m0/s1. The highest BCUT2D eigenvalue weighted by Crippen LogP contribution is 2.35. The number of halogens is 2. The van der Waals surface area contributed by atoms with Crippen LogP contribution >= 0.6 is 23.1 Å². The molecule has 40 nitrogen and oxygen atoms in total. The molecule has 0 aliphatic carbocycles. The van der Waals surface area contributed by atoms with Crippen LogP contribution in [-0.4, -0.2) is 301 Å². The van der Waals surface area contributed by atoms with Gasteiger partial charge in [-0.1, -0.05) is 102 Å². The number of para-hydroxylation sites is 1. The number of carbonyl (C=O) groups excluding carboxylic acids is 17. The third kappa shape index (κ3) is 30.2. The largest absolute Gasteiger partial charge is 0.508 e. The topological polar surface area (TPSA) is 601 Å². The second-order valence-corrected chi connectivity index (χ2v) is 37.4. The van der Waals surface area contributed by atoms with Crippen LogP contribution < -0.4 is 70.4 Å². The number of nitrogens with two attached hydrogens (primary N) is 3. The van der Waals surface area contributed by atoms with Crippen molar-refractivity contribution >= 4 is 150 Å². The first-order chi connectivity index (χ1) is 65.1. The van der Waals surface area contributed by atoms with Crippen LogP contribution in [0.2, 0.25) is 0 Å². The molecule has 4 unspecified atom stereocenters. The molecule has 3 fully saturated rings. The van der Waals surface area contributed by atoms with Crippen molar-refractivity contribution in [3.05, 3.63) is 125 Å². The lowest BCUT2D eigenvalue weighted by molar-refractivity contribution is -0.149. The normalized spacial score (nSPS) is 24.5. The number of aliphatic hydroxyl groups is 1. The maximum atomic E-state index is 16.1. The number of benzene rings is 3. The number of amides is 16. The van der Waals surface area contributed by atoms with E-state index >= 15 is 47.1 Å². The van der Waals surface area contributed by atoms with E-state index in [1.165, 1.54) is 67.7 Å². The van der Waals surface area contributed by atoms with Gasteiger partial charge in [0.25, 0.3) is 5.92 Å². The first kappa shape index (κ1) is 108. The zero-order chi connectivity index (χ0) is 100. The second kappa shape index (κ2) is 50.6. The van der Waals surface area contributed by atoms with Gasteiger partial charge in [0.05, 0.1) is 37.9 Å². The number of alkyl halides is 2. The Morgan fingerprint density at radius 3 is 1.86 bits per heavy atom. The predicted octanol–water partition coefficient (Wildman–Crippen LogP) is 0.775. The van der Waals surface area contributed by atoms with E-state index in [0.29, 0.717) is 69.3 Å². The summed E-state index contributed by atoms with van der Waals surface area (Å²) in [5.41, 5.74) is 19.2. The number of phenols is 1. The van der Waals surface area contributed by atoms with Gasteiger partial charge in [0.1, 0.15) is 78.3 Å². The van der Waals surface area contributed by atoms with Gasteiger partial charge in [0, 0.05) is 112 Å². The number of H-pyrrole nitrogens is 2. The van der Waals surface area contributed by atoms with Crippen molar-refractivity contribution < 1.29 is 101 Å². The van der Waals surface area contributed by atoms with Gasteiger partial charge in [0.2, 0.25) is 94.5 Å². The zero-order valence-corrected chi connectivity index (χ0v) is 79.7. The monoisotopic (exact) mass is 1940 g/mol. The Bertz CT molecular complexity index is 5310. The van der Waals surface area contributed by atoms with Crippen LogP contribution in [0.3, 0.4) is 0 Å². The minimum Gasteiger partial charge on any atom is -0.508 e. The molecule has 0 bridgehead atoms. The SMILES string of the molecule is CCCC[C@H]1C(=O)N(C)[C@@H](CCCC)C(=O)NC(CCCNC(=N)N)C(=O)NC(C(=O)NCC(N)=O)CSCC(=O)N[C@@H](Cc2ccc(O)cc2)C(=O)N(C)[C@@H](C)C(=O)N[C@@H](CC(N)=O)C(=O)N2CC(F)(F)C[C@H]2C(=O)N[C@@H](Cc2ccc[nH]2)C(=O)N[C@@H](CC(C)C)C(=O)N2CCCC2C(=O)C[C@@H](Cc2c[nH]c3ccccc23)C(=O)N[C@@H](CO)C(=O)NC(Cc2csc3ccccc23)C(=O)N1C. The van der Waals surface area contributed by atoms with Crippen molar-refractivity contribution in [3.63, 3.8) is 0 Å². The molecule has 14 atom stereocenters. The number of phenolic OH excluding ortho intramolecular Hbond substituents is 1. The Labute approximate surface area is 799 Å². The summed E-state index contributed by atoms with van der Waals surface area (Å²) in [5, 5.41) is 58.4. The number of hydrogen-bond donors (Lipinski definition) is 18. The Balaban J connectivity index is 1.11. The number of nitrogens with one attached hydrogen (secondary N) is 13. The van der Waals surface area contributed by atoms with Crippen LogP contribution in [0.1, 0.15) is 147 Å². The van der Waals surface area contributed by atoms with E-state index in [1.54, 1.807) is 67.9 Å². The number of unbranched alkanes of at least 4 members (excludes halogenated alkanes) is 2. The van der Waals surface area contributed by atoms with Crippen LogP contribution in [-0.2, 0) is 107 Å². The quantitative estimate of drug-likeness (QED) is 0.0203. The number of aromatic hydroxyl groups is 1. The highest BCUT2D eigenvalue weighted by atomic mass is 32.2. The minimum atomic E-state index is -3.84. The molecule has 3 aliphatic rings. The summed E-state index contributed by atoms with van der Waals surface area (Å²) in [6.45, 7) is 5.01. The van der Waals surface area contributed by atoms with Crippen molar-refractivity contribution in [1.82, 2.24) is 87.6 Å². The minimum absolute atomic E-state index is 0.000150. The number of aromatic nitrogens is 2. The van der Waals surface area contributed by atoms with Crippen molar-refractivity contribution in [3.8, 4) is 5.75 Å². The molecular formula is C93H127F2N21O19S2. The Kier molecular flexibility index (Phi) is 39.7. The molecule has 6 heterocycles. The van der Waals surface area contributed by atoms with Gasteiger partial charge in [-0.2, -0.15) is 0 Å². The van der Waals surface area contributed by atoms with Crippen LogP contribution in [0.15, 0.2) is 103 Å². The summed E-state index contributed by atoms with van der Waals surface area (Å²) in [6, 6.07) is 1.63. The number of rotatable bonds is 26. The van der Waals surface area contributed by atoms with Crippen LogP contribution in [0, 0.1) is 17.2 Å². The van der Waals surface area contributed by atoms with E-state index < -0.39 is 247 Å². The maximum absolute atomic E-state index is 16.1. The number of aliphatic hydroxyl groups excluding tert-OH is 1. The number of nitrogens with zero attached hydrogens (tertiary/aromatic N) is 5. The number of carbonyl (C=O) groups is 17. The lowest BCUT2D eigenvalue weighted by atomic mass is 9.90. The molecule has 16 amide bonds. The molecule has 3 aromatic heterocycles. The fourth-order valence-corrected chi connectivity index (χ4v) is 18.9. The number of Topliss-reactive ketones (excluding diaryl/α,β-unsaturated/α-hetero) is 1. The molecule has 3 aliphatic heterocycles. The van der Waals surface area contributed by atoms with Gasteiger partial charge in [-0.15, -0.1) is 23.1 Å². The van der Waals surface area contributed by atoms with E-state index in [1.807, 2.05) is 32.0 Å². The van der Waals surface area contributed by atoms with Gasteiger partial charge >= 0.3 is 0 Å². The molecular weight excluding hydrogens is 1820 g/mol. The van der Waals surface area contributed by atoms with E-state index in [2.05, 4.69) is 63.1 Å². The number of primary amides is 2. The van der Waals surface area contributed by atoms with Crippen molar-refractivity contribution in [2.45, 2.75) is 235 Å². The number of fused-ring (bicyclic) bond motifs is 4. The maximum Gasteiger partial charge on any atom is 0.267 e. The number of ketones is 1. The number of guanidine groups is 1. The molecule has 21 N–H and O–H groups in total. The number of hydrogen-bond acceptors (Lipinski definition) is 22. The summed E-state index contributed by atoms with van der Waals surface area (Å²) >= 11 is 2.08. The number of likely N-dealkylation sites (N-methyl/N-ethyl adjacent to an activating group) is 3. The molecule has 744 valence electrons. The molecule has 0 radical (unpaired) electrons. The predicted molar refractivity (Wildman–Crippen MR) is 506 cm³/mol. The zero-order valence-electron chi connectivity index (χ0n) is 78.0. The molecule has 44 heteroatoms. The third-order valence-electron chi connectivity index (χ3n) is 24.6. The van der Waals surface area contributed by atoms with E-state index in [-0.39, 0.29) is 95.4 Å². The van der Waals surface area contributed by atoms with Crippen LogP contribution in [0.4, 0.5) is 8.78 Å². The Morgan fingerprint density at radius 1 is 0.584 bits per heavy atom. The van der Waals surface area contributed by atoms with Crippen LogP contribution in [0.25, 0.3) is 21.0 Å². The fraction of sp³-hybridized carbons (Fsp3) is 0.527. The van der Waals surface area contributed by atoms with E-state index in [0.717, 1.165) is 38.2 Å². The summed E-state index contributed by atoms with van der Waals surface area (Å²) in [7, 11) is 3.84. The van der Waals surface area contributed by atoms with E-state index in [9.17, 15) is 53.4 Å². The highest BCUT2D eigenvalue weighted by molar-refractivity contribution is 8.00. The summed E-state index contributed by atoms with van der Waals surface area (Å²) in [6.07, 6.45) is 0.701. The third-order valence-corrected chi connectivity index (χ3v) is 26.6. The van der Waals surface area contributed by atoms with Crippen molar-refractivity contribution in [1.29, 1.82) is 5.41 Å². The lowest BCUT2D eigenvalue weighted by Gasteiger charge is -2.36. The lowest BCUT2D eigenvalue weighted by Crippen LogP contribution is -2.61. The van der Waals surface area contributed by atoms with Gasteiger partial charge in [-0.25, -0.2) is 8.78 Å². The Morgan fingerprint density at radius 2 is 1.20 bits per heavy atom. The molecule has 6 aromatic rings. The number of thiophene rings is 1. The fourth-order valence-electron chi connectivity index (χ4n) is 17.0. The van der Waals surface area contributed by atoms with Gasteiger partial charge in [0.15, 0.2) is 11.7 Å². The first-order valence-corrected chi connectivity index (χ1v) is 47.9. The second-order valence-electron chi connectivity index (χ2n) is 35.4. The van der Waals surface area contributed by atoms with Crippen molar-refractivity contribution in [2.75, 3.05) is 65.4 Å².